The van der Waals surface area contributed by atoms with E-state index in [1.165, 1.54) is 0 Å². The Morgan fingerprint density at radius 2 is 1.89 bits per heavy atom. The monoisotopic (exact) mass is 270 g/mol. The van der Waals surface area contributed by atoms with Crippen molar-refractivity contribution in [2.45, 2.75) is 30.8 Å². The minimum atomic E-state index is -0.639. The molecule has 0 spiro atoms. The maximum atomic E-state index is 9.71. The minimum absolute atomic E-state index is 0.0923. The summed E-state index contributed by atoms with van der Waals surface area (Å²) in [5.41, 5.74) is 0.270. The fourth-order valence-electron chi connectivity index (χ4n) is 2.52. The van der Waals surface area contributed by atoms with Gasteiger partial charge in [0.15, 0.2) is 0 Å². The Morgan fingerprint density at radius 3 is 2.39 bits per heavy atom. The predicted octanol–water partition coefficient (Wildman–Crippen LogP) is 2.13. The molecule has 4 heteroatoms. The maximum absolute atomic E-state index is 9.71. The van der Waals surface area contributed by atoms with E-state index in [2.05, 4.69) is 0 Å². The predicted molar refractivity (Wildman–Crippen MR) is 70.9 cm³/mol. The highest BCUT2D eigenvalue weighted by molar-refractivity contribution is 6.30. The molecule has 2 rings (SSSR count). The van der Waals surface area contributed by atoms with Crippen molar-refractivity contribution in [1.82, 2.24) is 0 Å². The SMILES string of the molecule is OCC(CO)(CC1CCCO1)c1ccc(Cl)cc1. The maximum Gasteiger partial charge on any atom is 0.0586 e. The van der Waals surface area contributed by atoms with Crippen LogP contribution >= 0.6 is 11.6 Å². The molecule has 1 saturated heterocycles. The van der Waals surface area contributed by atoms with E-state index < -0.39 is 5.41 Å². The lowest BCUT2D eigenvalue weighted by Gasteiger charge is -2.32. The molecular formula is C14H19ClO3. The van der Waals surface area contributed by atoms with Gasteiger partial charge in [-0.05, 0) is 37.0 Å². The molecule has 2 N–H and O–H groups in total. The largest absolute Gasteiger partial charge is 0.395 e. The van der Waals surface area contributed by atoms with E-state index >= 15 is 0 Å². The number of ether oxygens (including phenoxy) is 1. The van der Waals surface area contributed by atoms with E-state index in [-0.39, 0.29) is 19.3 Å². The Bertz CT molecular complexity index is 367. The van der Waals surface area contributed by atoms with Crippen molar-refractivity contribution < 1.29 is 14.9 Å². The van der Waals surface area contributed by atoms with Crippen LogP contribution in [0.15, 0.2) is 24.3 Å². The average molecular weight is 271 g/mol. The summed E-state index contributed by atoms with van der Waals surface area (Å²) in [5.74, 6) is 0. The van der Waals surface area contributed by atoms with E-state index in [0.717, 1.165) is 25.0 Å². The standard InChI is InChI=1S/C14H19ClO3/c15-12-5-3-11(4-6-12)14(9-16,10-17)8-13-2-1-7-18-13/h3-6,13,16-17H,1-2,7-10H2. The van der Waals surface area contributed by atoms with Gasteiger partial charge in [-0.3, -0.25) is 0 Å². The van der Waals surface area contributed by atoms with Crippen LogP contribution < -0.4 is 0 Å². The number of benzene rings is 1. The zero-order valence-corrected chi connectivity index (χ0v) is 11.1. The molecule has 1 aromatic rings. The molecule has 0 amide bonds. The van der Waals surface area contributed by atoms with E-state index in [0.29, 0.717) is 11.4 Å². The van der Waals surface area contributed by atoms with Crippen molar-refractivity contribution in [3.63, 3.8) is 0 Å². The third-order valence-corrected chi connectivity index (χ3v) is 3.96. The van der Waals surface area contributed by atoms with E-state index in [1.54, 1.807) is 12.1 Å². The summed E-state index contributed by atoms with van der Waals surface area (Å²) >= 11 is 5.87. The zero-order chi connectivity index (χ0) is 13.0. The second kappa shape index (κ2) is 6.02. The molecule has 1 atom stereocenters. The van der Waals surface area contributed by atoms with E-state index in [1.807, 2.05) is 12.1 Å². The van der Waals surface area contributed by atoms with Gasteiger partial charge in [0.25, 0.3) is 0 Å². The molecule has 3 nitrogen and oxygen atoms in total. The molecule has 1 unspecified atom stereocenters. The summed E-state index contributed by atoms with van der Waals surface area (Å²) in [5, 5.41) is 20.1. The van der Waals surface area contributed by atoms with Crippen molar-refractivity contribution in [3.8, 4) is 0 Å². The minimum Gasteiger partial charge on any atom is -0.395 e. The van der Waals surface area contributed by atoms with Gasteiger partial charge in [-0.25, -0.2) is 0 Å². The molecule has 1 aromatic carbocycles. The van der Waals surface area contributed by atoms with Crippen LogP contribution in [-0.4, -0.2) is 36.1 Å². The molecular weight excluding hydrogens is 252 g/mol. The molecule has 1 aliphatic rings. The van der Waals surface area contributed by atoms with Gasteiger partial charge in [0.2, 0.25) is 0 Å². The molecule has 0 radical (unpaired) electrons. The lowest BCUT2D eigenvalue weighted by Crippen LogP contribution is -2.38. The molecule has 0 aromatic heterocycles. The van der Waals surface area contributed by atoms with Crippen LogP contribution in [0, 0.1) is 0 Å². The van der Waals surface area contributed by atoms with Gasteiger partial charge >= 0.3 is 0 Å². The van der Waals surface area contributed by atoms with Crippen molar-refractivity contribution in [3.05, 3.63) is 34.9 Å². The van der Waals surface area contributed by atoms with Crippen LogP contribution in [0.1, 0.15) is 24.8 Å². The Labute approximate surface area is 112 Å². The third-order valence-electron chi connectivity index (χ3n) is 3.70. The Morgan fingerprint density at radius 1 is 1.22 bits per heavy atom. The van der Waals surface area contributed by atoms with Gasteiger partial charge in [0.1, 0.15) is 0 Å². The van der Waals surface area contributed by atoms with Crippen molar-refractivity contribution >= 4 is 11.6 Å². The number of hydrogen-bond acceptors (Lipinski definition) is 3. The number of aliphatic hydroxyl groups excluding tert-OH is 2. The van der Waals surface area contributed by atoms with Gasteiger partial charge in [-0.2, -0.15) is 0 Å². The summed E-state index contributed by atoms with van der Waals surface area (Å²) in [6.07, 6.45) is 2.81. The highest BCUT2D eigenvalue weighted by Gasteiger charge is 2.35. The Hall–Kier alpha value is -0.610. The zero-order valence-electron chi connectivity index (χ0n) is 10.3. The first kappa shape index (κ1) is 13.8. The number of hydrogen-bond donors (Lipinski definition) is 2. The van der Waals surface area contributed by atoms with Crippen molar-refractivity contribution in [1.29, 1.82) is 0 Å². The van der Waals surface area contributed by atoms with Crippen molar-refractivity contribution in [2.75, 3.05) is 19.8 Å². The quantitative estimate of drug-likeness (QED) is 0.862. The fraction of sp³-hybridized carbons (Fsp3) is 0.571. The molecule has 1 fully saturated rings. The van der Waals surface area contributed by atoms with E-state index in [4.69, 9.17) is 16.3 Å². The number of aliphatic hydroxyl groups is 2. The first-order chi connectivity index (χ1) is 8.70. The molecule has 1 heterocycles. The first-order valence-electron chi connectivity index (χ1n) is 6.29. The van der Waals surface area contributed by atoms with Crippen LogP contribution in [0.25, 0.3) is 0 Å². The van der Waals surface area contributed by atoms with E-state index in [9.17, 15) is 10.2 Å². The van der Waals surface area contributed by atoms with Gasteiger partial charge < -0.3 is 14.9 Å². The highest BCUT2D eigenvalue weighted by atomic mass is 35.5. The second-order valence-corrected chi connectivity index (χ2v) is 5.38. The average Bonchev–Trinajstić information content (AvgIpc) is 2.90. The summed E-state index contributed by atoms with van der Waals surface area (Å²) in [6, 6.07) is 7.30. The summed E-state index contributed by atoms with van der Waals surface area (Å²) < 4.78 is 5.61. The van der Waals surface area contributed by atoms with Crippen LogP contribution in [0.4, 0.5) is 0 Å². The highest BCUT2D eigenvalue weighted by Crippen LogP contribution is 2.33. The van der Waals surface area contributed by atoms with Gasteiger partial charge in [0, 0.05) is 17.0 Å². The van der Waals surface area contributed by atoms with Crippen LogP contribution in [0.2, 0.25) is 5.02 Å². The summed E-state index contributed by atoms with van der Waals surface area (Å²) in [6.45, 7) is 0.591. The summed E-state index contributed by atoms with van der Waals surface area (Å²) in [4.78, 5) is 0. The lowest BCUT2D eigenvalue weighted by molar-refractivity contribution is 0.0389. The van der Waals surface area contributed by atoms with Gasteiger partial charge in [0.05, 0.1) is 19.3 Å². The van der Waals surface area contributed by atoms with Crippen LogP contribution in [0.3, 0.4) is 0 Å². The lowest BCUT2D eigenvalue weighted by atomic mass is 9.77. The molecule has 1 aliphatic heterocycles. The topological polar surface area (TPSA) is 49.7 Å². The molecule has 18 heavy (non-hydrogen) atoms. The number of halogens is 1. The second-order valence-electron chi connectivity index (χ2n) is 4.94. The van der Waals surface area contributed by atoms with Crippen LogP contribution in [0.5, 0.6) is 0 Å². The third kappa shape index (κ3) is 2.86. The van der Waals surface area contributed by atoms with Crippen molar-refractivity contribution in [2.24, 2.45) is 0 Å². The normalized spacial score (nSPS) is 20.3. The van der Waals surface area contributed by atoms with Gasteiger partial charge in [-0.15, -0.1) is 0 Å². The smallest absolute Gasteiger partial charge is 0.0586 e. The molecule has 0 aliphatic carbocycles. The fourth-order valence-corrected chi connectivity index (χ4v) is 2.65. The molecule has 0 bridgehead atoms. The summed E-state index contributed by atoms with van der Waals surface area (Å²) in [7, 11) is 0. The van der Waals surface area contributed by atoms with Crippen LogP contribution in [-0.2, 0) is 10.2 Å². The molecule has 100 valence electrons. The number of rotatable bonds is 5. The Kier molecular flexibility index (Phi) is 4.62. The first-order valence-corrected chi connectivity index (χ1v) is 6.67. The van der Waals surface area contributed by atoms with Gasteiger partial charge in [-0.1, -0.05) is 23.7 Å². The Balaban J connectivity index is 2.21. The molecule has 0 saturated carbocycles.